The zero-order valence-corrected chi connectivity index (χ0v) is 11.6. The minimum absolute atomic E-state index is 0.118. The third-order valence-electron chi connectivity index (χ3n) is 2.55. The number of benzene rings is 1. The van der Waals surface area contributed by atoms with Crippen molar-refractivity contribution in [1.82, 2.24) is 0 Å². The lowest BCUT2D eigenvalue weighted by atomic mass is 10.1. The van der Waals surface area contributed by atoms with Gasteiger partial charge in [-0.25, -0.2) is 4.39 Å². The van der Waals surface area contributed by atoms with E-state index in [4.69, 9.17) is 5.11 Å². The summed E-state index contributed by atoms with van der Waals surface area (Å²) in [5, 5.41) is 8.73. The number of anilines is 1. The molecule has 6 heteroatoms. The van der Waals surface area contributed by atoms with Gasteiger partial charge >= 0.3 is 5.97 Å². The Kier molecular flexibility index (Phi) is 4.84. The Labute approximate surface area is 113 Å². The summed E-state index contributed by atoms with van der Waals surface area (Å²) in [5.41, 5.74) is 0.118. The number of halogens is 2. The van der Waals surface area contributed by atoms with Crippen LogP contribution in [0.2, 0.25) is 0 Å². The number of carboxylic acids is 1. The van der Waals surface area contributed by atoms with Crippen LogP contribution in [0.3, 0.4) is 0 Å². The van der Waals surface area contributed by atoms with Crippen molar-refractivity contribution < 1.29 is 19.1 Å². The highest BCUT2D eigenvalue weighted by atomic mass is 79.9. The van der Waals surface area contributed by atoms with Crippen LogP contribution in [-0.4, -0.2) is 24.0 Å². The quantitative estimate of drug-likeness (QED) is 0.928. The SMILES string of the molecule is CC(CC(=O)N(C)c1cc(Br)ccc1F)C(=O)O. The lowest BCUT2D eigenvalue weighted by molar-refractivity contribution is -0.143. The van der Waals surface area contributed by atoms with Crippen LogP contribution in [0.15, 0.2) is 22.7 Å². The van der Waals surface area contributed by atoms with E-state index < -0.39 is 23.6 Å². The highest BCUT2D eigenvalue weighted by Gasteiger charge is 2.21. The molecular formula is C12H13BrFNO3. The van der Waals surface area contributed by atoms with Crippen molar-refractivity contribution in [2.75, 3.05) is 11.9 Å². The van der Waals surface area contributed by atoms with Gasteiger partial charge in [-0.05, 0) is 18.2 Å². The van der Waals surface area contributed by atoms with Crippen LogP contribution in [0.4, 0.5) is 10.1 Å². The first-order valence-electron chi connectivity index (χ1n) is 5.27. The van der Waals surface area contributed by atoms with Crippen molar-refractivity contribution >= 4 is 33.5 Å². The minimum Gasteiger partial charge on any atom is -0.481 e. The molecular weight excluding hydrogens is 305 g/mol. The second kappa shape index (κ2) is 5.95. The van der Waals surface area contributed by atoms with E-state index in [-0.39, 0.29) is 12.1 Å². The maximum absolute atomic E-state index is 13.5. The van der Waals surface area contributed by atoms with Crippen LogP contribution in [0.5, 0.6) is 0 Å². The Morgan fingerprint density at radius 1 is 1.50 bits per heavy atom. The summed E-state index contributed by atoms with van der Waals surface area (Å²) in [4.78, 5) is 23.6. The molecule has 1 aromatic carbocycles. The highest BCUT2D eigenvalue weighted by Crippen LogP contribution is 2.24. The number of carboxylic acid groups (broad SMARTS) is 1. The summed E-state index contributed by atoms with van der Waals surface area (Å²) in [6.45, 7) is 1.44. The molecule has 0 spiro atoms. The number of carbonyl (C=O) groups is 2. The highest BCUT2D eigenvalue weighted by molar-refractivity contribution is 9.10. The Hall–Kier alpha value is -1.43. The van der Waals surface area contributed by atoms with Gasteiger partial charge in [-0.2, -0.15) is 0 Å². The Bertz CT molecular complexity index is 478. The number of amides is 1. The van der Waals surface area contributed by atoms with Gasteiger partial charge in [0.2, 0.25) is 5.91 Å². The Morgan fingerprint density at radius 2 is 2.11 bits per heavy atom. The van der Waals surface area contributed by atoms with Crippen molar-refractivity contribution in [3.8, 4) is 0 Å². The fourth-order valence-electron chi connectivity index (χ4n) is 1.36. The van der Waals surface area contributed by atoms with Crippen LogP contribution in [-0.2, 0) is 9.59 Å². The molecule has 0 saturated carbocycles. The van der Waals surface area contributed by atoms with E-state index >= 15 is 0 Å². The lowest BCUT2D eigenvalue weighted by Gasteiger charge is -2.19. The molecule has 4 nitrogen and oxygen atoms in total. The predicted molar refractivity (Wildman–Crippen MR) is 68.9 cm³/mol. The summed E-state index contributed by atoms with van der Waals surface area (Å²) in [5.74, 6) is -2.82. The summed E-state index contributed by atoms with van der Waals surface area (Å²) >= 11 is 3.19. The maximum Gasteiger partial charge on any atom is 0.306 e. The summed E-state index contributed by atoms with van der Waals surface area (Å²) < 4.78 is 14.2. The van der Waals surface area contributed by atoms with Gasteiger partial charge in [-0.3, -0.25) is 9.59 Å². The van der Waals surface area contributed by atoms with Crippen LogP contribution in [0.1, 0.15) is 13.3 Å². The fraction of sp³-hybridized carbons (Fsp3) is 0.333. The summed E-state index contributed by atoms with van der Waals surface area (Å²) in [6, 6.07) is 4.24. The van der Waals surface area contributed by atoms with E-state index in [2.05, 4.69) is 15.9 Å². The van der Waals surface area contributed by atoms with E-state index in [0.29, 0.717) is 4.47 Å². The van der Waals surface area contributed by atoms with Crippen molar-refractivity contribution in [2.24, 2.45) is 5.92 Å². The monoisotopic (exact) mass is 317 g/mol. The number of rotatable bonds is 4. The lowest BCUT2D eigenvalue weighted by Crippen LogP contribution is -2.30. The van der Waals surface area contributed by atoms with Gasteiger partial charge in [0, 0.05) is 17.9 Å². The number of hydrogen-bond acceptors (Lipinski definition) is 2. The van der Waals surface area contributed by atoms with Gasteiger partial charge in [0.1, 0.15) is 5.82 Å². The second-order valence-electron chi connectivity index (χ2n) is 3.99. The molecule has 1 rings (SSSR count). The molecule has 1 unspecified atom stereocenters. The fourth-order valence-corrected chi connectivity index (χ4v) is 1.71. The molecule has 0 heterocycles. The molecule has 1 atom stereocenters. The first-order valence-corrected chi connectivity index (χ1v) is 6.06. The molecule has 0 aromatic heterocycles. The van der Waals surface area contributed by atoms with Crippen LogP contribution in [0.25, 0.3) is 0 Å². The molecule has 0 aliphatic carbocycles. The molecule has 0 saturated heterocycles. The molecule has 18 heavy (non-hydrogen) atoms. The van der Waals surface area contributed by atoms with Crippen LogP contribution in [0, 0.1) is 11.7 Å². The zero-order chi connectivity index (χ0) is 13.9. The van der Waals surface area contributed by atoms with Gasteiger partial charge in [-0.1, -0.05) is 22.9 Å². The summed E-state index contributed by atoms with van der Waals surface area (Å²) in [6.07, 6.45) is -0.169. The molecule has 0 aliphatic heterocycles. The molecule has 0 aliphatic rings. The van der Waals surface area contributed by atoms with Gasteiger partial charge in [0.05, 0.1) is 11.6 Å². The third-order valence-corrected chi connectivity index (χ3v) is 3.04. The van der Waals surface area contributed by atoms with E-state index in [1.54, 1.807) is 0 Å². The second-order valence-corrected chi connectivity index (χ2v) is 4.91. The smallest absolute Gasteiger partial charge is 0.306 e. The van der Waals surface area contributed by atoms with Crippen molar-refractivity contribution in [3.63, 3.8) is 0 Å². The summed E-state index contributed by atoms with van der Waals surface area (Å²) in [7, 11) is 1.42. The van der Waals surface area contributed by atoms with E-state index in [1.807, 2.05) is 0 Å². The van der Waals surface area contributed by atoms with Crippen molar-refractivity contribution in [1.29, 1.82) is 0 Å². The molecule has 0 fully saturated rings. The number of hydrogen-bond donors (Lipinski definition) is 1. The largest absolute Gasteiger partial charge is 0.481 e. The zero-order valence-electron chi connectivity index (χ0n) is 9.98. The molecule has 0 bridgehead atoms. The predicted octanol–water partition coefficient (Wildman–Crippen LogP) is 2.66. The van der Waals surface area contributed by atoms with Gasteiger partial charge < -0.3 is 10.0 Å². The van der Waals surface area contributed by atoms with E-state index in [1.165, 1.54) is 32.2 Å². The van der Waals surface area contributed by atoms with Crippen LogP contribution >= 0.6 is 15.9 Å². The molecule has 98 valence electrons. The Morgan fingerprint density at radius 3 is 2.67 bits per heavy atom. The molecule has 0 radical (unpaired) electrons. The third kappa shape index (κ3) is 3.53. The number of carbonyl (C=O) groups excluding carboxylic acids is 1. The molecule has 1 aromatic rings. The Balaban J connectivity index is 2.86. The standard InChI is InChI=1S/C12H13BrFNO3/c1-7(12(17)18)5-11(16)15(2)10-6-8(13)3-4-9(10)14/h3-4,6-7H,5H2,1-2H3,(H,17,18). The number of nitrogens with zero attached hydrogens (tertiary/aromatic N) is 1. The molecule has 1 N–H and O–H groups in total. The van der Waals surface area contributed by atoms with Gasteiger partial charge in [0.25, 0.3) is 0 Å². The normalized spacial score (nSPS) is 12.0. The van der Waals surface area contributed by atoms with Gasteiger partial charge in [0.15, 0.2) is 0 Å². The average molecular weight is 318 g/mol. The topological polar surface area (TPSA) is 57.6 Å². The van der Waals surface area contributed by atoms with E-state index in [9.17, 15) is 14.0 Å². The number of aliphatic carboxylic acids is 1. The maximum atomic E-state index is 13.5. The van der Waals surface area contributed by atoms with Crippen molar-refractivity contribution in [3.05, 3.63) is 28.5 Å². The van der Waals surface area contributed by atoms with Gasteiger partial charge in [-0.15, -0.1) is 0 Å². The van der Waals surface area contributed by atoms with E-state index in [0.717, 1.165) is 4.90 Å². The first-order chi connectivity index (χ1) is 8.32. The van der Waals surface area contributed by atoms with Crippen LogP contribution < -0.4 is 4.90 Å². The molecule has 1 amide bonds. The minimum atomic E-state index is -1.05. The van der Waals surface area contributed by atoms with Crippen molar-refractivity contribution in [2.45, 2.75) is 13.3 Å². The average Bonchev–Trinajstić information content (AvgIpc) is 2.31. The first kappa shape index (κ1) is 14.6.